The van der Waals surface area contributed by atoms with Gasteiger partial charge in [0.15, 0.2) is 11.5 Å². The summed E-state index contributed by atoms with van der Waals surface area (Å²) in [7, 11) is 1.77. The van der Waals surface area contributed by atoms with E-state index in [0.29, 0.717) is 11.8 Å². The molecule has 0 fully saturated rings. The minimum Gasteiger partial charge on any atom is -0.480 e. The SMILES string of the molecule is C.CN(CC(=O)O)c1cccc(-c2ccccc2-c2nc(-c3ccccc3)c(-c3ccccc3)o2)c1.Nc1cccc(-c2ccccc2-c2nc(-c3ccccc3)c(-c3ccccc3)o2)c1. The number of nitrogen functional groups attached to an aromatic ring is 1. The maximum absolute atomic E-state index is 11.2. The smallest absolute Gasteiger partial charge is 0.323 e. The maximum Gasteiger partial charge on any atom is 0.323 e. The number of nitrogens with zero attached hydrogens (tertiary/aromatic N) is 3. The highest BCUT2D eigenvalue weighted by molar-refractivity contribution is 5.87. The summed E-state index contributed by atoms with van der Waals surface area (Å²) in [5, 5.41) is 9.18. The molecule has 2 aromatic heterocycles. The molecule has 8 aromatic carbocycles. The zero-order chi connectivity index (χ0) is 44.5. The highest BCUT2D eigenvalue weighted by Gasteiger charge is 2.22. The van der Waals surface area contributed by atoms with Crippen molar-refractivity contribution in [2.24, 2.45) is 0 Å². The minimum atomic E-state index is -0.875. The van der Waals surface area contributed by atoms with Gasteiger partial charge in [0.1, 0.15) is 17.9 Å². The standard InChI is InChI=1S/C30H24N2O3.C27H20N2O.CH4/c1-32(20-27(33)34)24-16-10-15-23(19-24)25-17-8-9-18-26(25)30-31-28(21-11-4-2-5-12-21)29(35-30)22-13-6-3-7-14-22;28-22-15-9-14-21(18-22)23-16-7-8-17-24(23)27-29-25(19-10-3-1-4-11-19)26(30-27)20-12-5-2-6-13-20;/h2-19H,20H2,1H3,(H,33,34);1-18H,28H2;1H4. The summed E-state index contributed by atoms with van der Waals surface area (Å²) >= 11 is 0. The molecule has 0 atom stereocenters. The number of hydrogen-bond acceptors (Lipinski definition) is 7. The summed E-state index contributed by atoms with van der Waals surface area (Å²) in [6, 6.07) is 72.0. The van der Waals surface area contributed by atoms with Gasteiger partial charge in [-0.3, -0.25) is 4.79 Å². The van der Waals surface area contributed by atoms with E-state index in [0.717, 1.165) is 89.9 Å². The summed E-state index contributed by atoms with van der Waals surface area (Å²) < 4.78 is 12.8. The third-order valence-corrected chi connectivity index (χ3v) is 10.9. The Morgan fingerprint density at radius 3 is 1.26 bits per heavy atom. The Bertz CT molecular complexity index is 3070. The fourth-order valence-electron chi connectivity index (χ4n) is 7.78. The van der Waals surface area contributed by atoms with E-state index in [4.69, 9.17) is 24.5 Å². The second-order valence-electron chi connectivity index (χ2n) is 15.4. The molecule has 2 heterocycles. The lowest BCUT2D eigenvalue weighted by atomic mass is 9.99. The van der Waals surface area contributed by atoms with Crippen molar-refractivity contribution in [3.8, 4) is 90.3 Å². The van der Waals surface area contributed by atoms with Gasteiger partial charge in [0.2, 0.25) is 11.8 Å². The quantitative estimate of drug-likeness (QED) is 0.123. The summed E-state index contributed by atoms with van der Waals surface area (Å²) in [5.41, 5.74) is 18.9. The van der Waals surface area contributed by atoms with E-state index in [9.17, 15) is 9.90 Å². The first-order valence-corrected chi connectivity index (χ1v) is 21.2. The zero-order valence-corrected chi connectivity index (χ0v) is 35.6. The van der Waals surface area contributed by atoms with Gasteiger partial charge in [0.25, 0.3) is 0 Å². The van der Waals surface area contributed by atoms with Crippen LogP contribution in [0.25, 0.3) is 90.3 Å². The molecule has 0 bridgehead atoms. The highest BCUT2D eigenvalue weighted by Crippen LogP contribution is 2.41. The van der Waals surface area contributed by atoms with Crippen LogP contribution in [0.2, 0.25) is 0 Å². The highest BCUT2D eigenvalue weighted by atomic mass is 16.4. The van der Waals surface area contributed by atoms with Gasteiger partial charge in [-0.05, 0) is 58.7 Å². The molecule has 10 aromatic rings. The molecule has 66 heavy (non-hydrogen) atoms. The van der Waals surface area contributed by atoms with Gasteiger partial charge in [-0.2, -0.15) is 0 Å². The fourth-order valence-corrected chi connectivity index (χ4v) is 7.78. The monoisotopic (exact) mass is 864 g/mol. The number of aliphatic carboxylic acids is 1. The Kier molecular flexibility index (Phi) is 13.4. The van der Waals surface area contributed by atoms with Crippen LogP contribution < -0.4 is 10.6 Å². The number of nitrogens with two attached hydrogens (primary N) is 1. The van der Waals surface area contributed by atoms with E-state index in [1.165, 1.54) is 0 Å². The molecule has 0 unspecified atom stereocenters. The number of carboxylic acids is 1. The van der Waals surface area contributed by atoms with Crippen LogP contribution in [0.15, 0.2) is 227 Å². The van der Waals surface area contributed by atoms with Crippen molar-refractivity contribution in [3.63, 3.8) is 0 Å². The van der Waals surface area contributed by atoms with Crippen LogP contribution in [-0.4, -0.2) is 34.6 Å². The second kappa shape index (κ2) is 20.2. The van der Waals surface area contributed by atoms with Crippen molar-refractivity contribution >= 4 is 17.3 Å². The van der Waals surface area contributed by atoms with Crippen LogP contribution in [0.1, 0.15) is 7.43 Å². The van der Waals surface area contributed by atoms with Crippen molar-refractivity contribution in [2.45, 2.75) is 7.43 Å². The second-order valence-corrected chi connectivity index (χ2v) is 15.4. The first kappa shape index (κ1) is 43.9. The van der Waals surface area contributed by atoms with Crippen LogP contribution >= 0.6 is 0 Å². The zero-order valence-electron chi connectivity index (χ0n) is 35.6. The average molecular weight is 865 g/mol. The molecule has 0 aliphatic carbocycles. The van der Waals surface area contributed by atoms with Crippen molar-refractivity contribution in [2.75, 3.05) is 24.2 Å². The molecule has 0 aliphatic heterocycles. The van der Waals surface area contributed by atoms with Crippen LogP contribution in [0.3, 0.4) is 0 Å². The predicted molar refractivity (Wildman–Crippen MR) is 269 cm³/mol. The van der Waals surface area contributed by atoms with Crippen LogP contribution in [0, 0.1) is 0 Å². The molecule has 3 N–H and O–H groups in total. The van der Waals surface area contributed by atoms with Crippen molar-refractivity contribution in [1.82, 2.24) is 9.97 Å². The van der Waals surface area contributed by atoms with Gasteiger partial charge in [-0.15, -0.1) is 0 Å². The largest absolute Gasteiger partial charge is 0.480 e. The lowest BCUT2D eigenvalue weighted by Crippen LogP contribution is -2.24. The van der Waals surface area contributed by atoms with Gasteiger partial charge < -0.3 is 24.6 Å². The van der Waals surface area contributed by atoms with Crippen molar-refractivity contribution in [1.29, 1.82) is 0 Å². The van der Waals surface area contributed by atoms with Crippen LogP contribution in [-0.2, 0) is 4.79 Å². The summed E-state index contributed by atoms with van der Waals surface area (Å²) in [5.74, 6) is 1.73. The minimum absolute atomic E-state index is 0. The van der Waals surface area contributed by atoms with E-state index < -0.39 is 5.97 Å². The third kappa shape index (κ3) is 9.73. The Morgan fingerprint density at radius 1 is 0.470 bits per heavy atom. The molecular weight excluding hydrogens is 817 g/mol. The van der Waals surface area contributed by atoms with E-state index in [-0.39, 0.29) is 14.0 Å². The number of oxazole rings is 2. The Morgan fingerprint density at radius 2 is 0.833 bits per heavy atom. The van der Waals surface area contributed by atoms with Crippen LogP contribution in [0.5, 0.6) is 0 Å². The lowest BCUT2D eigenvalue weighted by molar-refractivity contribution is -0.135. The number of rotatable bonds is 11. The molecule has 10 rings (SSSR count). The van der Waals surface area contributed by atoms with Crippen molar-refractivity contribution in [3.05, 3.63) is 218 Å². The number of benzene rings is 8. The summed E-state index contributed by atoms with van der Waals surface area (Å²) in [6.45, 7) is -0.0777. The maximum atomic E-state index is 11.2. The van der Waals surface area contributed by atoms with Gasteiger partial charge in [0.05, 0.1) is 0 Å². The van der Waals surface area contributed by atoms with E-state index in [1.807, 2.05) is 200 Å². The normalized spacial score (nSPS) is 10.6. The molecule has 8 heteroatoms. The summed E-state index contributed by atoms with van der Waals surface area (Å²) in [4.78, 5) is 22.8. The molecule has 8 nitrogen and oxygen atoms in total. The van der Waals surface area contributed by atoms with E-state index in [1.54, 1.807) is 11.9 Å². The Hall–Kier alpha value is -8.75. The number of anilines is 2. The molecule has 0 saturated carbocycles. The van der Waals surface area contributed by atoms with Gasteiger partial charge in [-0.25, -0.2) is 9.97 Å². The molecule has 0 spiro atoms. The fraction of sp³-hybridized carbons (Fsp3) is 0.0517. The predicted octanol–water partition coefficient (Wildman–Crippen LogP) is 14.4. The third-order valence-electron chi connectivity index (χ3n) is 10.9. The number of carbonyl (C=O) groups is 1. The Balaban J connectivity index is 0.000000179. The number of hydrogen-bond donors (Lipinski definition) is 2. The van der Waals surface area contributed by atoms with E-state index >= 15 is 0 Å². The van der Waals surface area contributed by atoms with E-state index in [2.05, 4.69) is 18.2 Å². The van der Waals surface area contributed by atoms with Crippen molar-refractivity contribution < 1.29 is 18.7 Å². The summed E-state index contributed by atoms with van der Waals surface area (Å²) in [6.07, 6.45) is 0. The topological polar surface area (TPSA) is 119 Å². The van der Waals surface area contributed by atoms with Gasteiger partial charge >= 0.3 is 5.97 Å². The lowest BCUT2D eigenvalue weighted by Gasteiger charge is -2.18. The first-order valence-electron chi connectivity index (χ1n) is 21.2. The van der Waals surface area contributed by atoms with Gasteiger partial charge in [0, 0.05) is 51.8 Å². The number of carboxylic acid groups (broad SMARTS) is 1. The number of aromatic nitrogens is 2. The Labute approximate surface area is 385 Å². The van der Waals surface area contributed by atoms with Gasteiger partial charge in [-0.1, -0.05) is 189 Å². The molecule has 0 saturated heterocycles. The van der Waals surface area contributed by atoms with Crippen LogP contribution in [0.4, 0.5) is 11.4 Å². The first-order chi connectivity index (χ1) is 31.9. The molecular formula is C58H48N4O4. The molecule has 0 aliphatic rings. The number of likely N-dealkylation sites (N-methyl/N-ethyl adjacent to an activating group) is 1. The average Bonchev–Trinajstić information content (AvgIpc) is 4.02. The molecule has 0 radical (unpaired) electrons. The molecule has 0 amide bonds. The molecule has 324 valence electrons.